The van der Waals surface area contributed by atoms with Gasteiger partial charge in [0.15, 0.2) is 10.9 Å². The number of hydrogen-bond acceptors (Lipinski definition) is 6. The number of nitrogens with zero attached hydrogens (tertiary/aromatic N) is 2. The standard InChI is InChI=1S/C12H16N4O2S/c1-16-7-11(18-15-16)9-5-4-8(6-10(9)17-2)14-12(13)19-3/h4-7,15H,1-3H3,(H2,13,14). The molecular formula is C12H16N4O2S. The zero-order valence-corrected chi connectivity index (χ0v) is 11.8. The Hall–Kier alpha value is -1.86. The van der Waals surface area contributed by atoms with Gasteiger partial charge in [-0.05, 0) is 18.4 Å². The number of benzene rings is 1. The van der Waals surface area contributed by atoms with Gasteiger partial charge in [0.2, 0.25) is 0 Å². The molecule has 1 heterocycles. The van der Waals surface area contributed by atoms with Crippen molar-refractivity contribution >= 4 is 28.4 Å². The number of aliphatic imine (C=N–C) groups is 1. The SMILES string of the molecule is COc1cc(N=C(N)SC)ccc1C1=CN(C)NO1. The van der Waals surface area contributed by atoms with E-state index in [2.05, 4.69) is 10.6 Å². The molecule has 0 spiro atoms. The summed E-state index contributed by atoms with van der Waals surface area (Å²) in [5.41, 5.74) is 10.00. The molecule has 0 bridgehead atoms. The van der Waals surface area contributed by atoms with Crippen LogP contribution in [0.2, 0.25) is 0 Å². The summed E-state index contributed by atoms with van der Waals surface area (Å²) in [6, 6.07) is 5.57. The molecule has 1 aromatic carbocycles. The molecule has 0 saturated heterocycles. The molecule has 6 nitrogen and oxygen atoms in total. The summed E-state index contributed by atoms with van der Waals surface area (Å²) in [7, 11) is 3.45. The molecule has 102 valence electrons. The van der Waals surface area contributed by atoms with Gasteiger partial charge >= 0.3 is 0 Å². The number of hydrazine groups is 1. The number of amidine groups is 1. The Bertz CT molecular complexity index is 530. The first-order valence-electron chi connectivity index (χ1n) is 5.57. The van der Waals surface area contributed by atoms with Crippen LogP contribution < -0.4 is 16.1 Å². The molecule has 0 aliphatic carbocycles. The van der Waals surface area contributed by atoms with Crippen molar-refractivity contribution in [3.05, 3.63) is 30.0 Å². The lowest BCUT2D eigenvalue weighted by atomic mass is 10.1. The van der Waals surface area contributed by atoms with Crippen LogP contribution in [0.15, 0.2) is 29.4 Å². The molecule has 0 saturated carbocycles. The number of rotatable bonds is 3. The molecule has 1 aromatic rings. The highest BCUT2D eigenvalue weighted by atomic mass is 32.2. The smallest absolute Gasteiger partial charge is 0.177 e. The van der Waals surface area contributed by atoms with Gasteiger partial charge in [-0.3, -0.25) is 5.01 Å². The van der Waals surface area contributed by atoms with Gasteiger partial charge in [0.05, 0.1) is 24.6 Å². The molecule has 2 rings (SSSR count). The molecule has 0 amide bonds. The Kier molecular flexibility index (Phi) is 4.18. The van der Waals surface area contributed by atoms with Crippen LogP contribution in [0.3, 0.4) is 0 Å². The zero-order valence-electron chi connectivity index (χ0n) is 11.0. The molecule has 0 radical (unpaired) electrons. The number of nitrogens with one attached hydrogen (secondary N) is 1. The fraction of sp³-hybridized carbons (Fsp3) is 0.250. The first-order chi connectivity index (χ1) is 9.13. The average molecular weight is 280 g/mol. The number of thioether (sulfide) groups is 1. The van der Waals surface area contributed by atoms with Crippen LogP contribution in [0.4, 0.5) is 5.69 Å². The van der Waals surface area contributed by atoms with E-state index >= 15 is 0 Å². The van der Waals surface area contributed by atoms with Crippen LogP contribution >= 0.6 is 11.8 Å². The summed E-state index contributed by atoms with van der Waals surface area (Å²) in [6.45, 7) is 0. The molecule has 3 N–H and O–H groups in total. The van der Waals surface area contributed by atoms with Crippen LogP contribution in [0, 0.1) is 0 Å². The lowest BCUT2D eigenvalue weighted by molar-refractivity contribution is 0.0647. The molecule has 0 fully saturated rings. The topological polar surface area (TPSA) is 72.1 Å². The van der Waals surface area contributed by atoms with Crippen molar-refractivity contribution in [3.63, 3.8) is 0 Å². The quantitative estimate of drug-likeness (QED) is 0.648. The zero-order chi connectivity index (χ0) is 13.8. The van der Waals surface area contributed by atoms with E-state index in [-0.39, 0.29) is 0 Å². The van der Waals surface area contributed by atoms with E-state index in [4.69, 9.17) is 15.3 Å². The van der Waals surface area contributed by atoms with E-state index in [1.807, 2.05) is 37.7 Å². The monoisotopic (exact) mass is 280 g/mol. The van der Waals surface area contributed by atoms with E-state index in [0.717, 1.165) is 11.3 Å². The van der Waals surface area contributed by atoms with Gasteiger partial charge in [-0.25, -0.2) is 4.99 Å². The fourth-order valence-corrected chi connectivity index (χ4v) is 1.80. The lowest BCUT2D eigenvalue weighted by Crippen LogP contribution is -2.22. The third-order valence-corrected chi connectivity index (χ3v) is 3.02. The highest BCUT2D eigenvalue weighted by Crippen LogP contribution is 2.32. The number of ether oxygens (including phenoxy) is 1. The lowest BCUT2D eigenvalue weighted by Gasteiger charge is -2.09. The summed E-state index contributed by atoms with van der Waals surface area (Å²) in [5, 5.41) is 2.22. The van der Waals surface area contributed by atoms with Gasteiger partial charge in [0.25, 0.3) is 0 Å². The Labute approximate surface area is 116 Å². The highest BCUT2D eigenvalue weighted by Gasteiger charge is 2.16. The maximum Gasteiger partial charge on any atom is 0.177 e. The normalized spacial score (nSPS) is 15.2. The van der Waals surface area contributed by atoms with Crippen molar-refractivity contribution in [1.82, 2.24) is 10.6 Å². The van der Waals surface area contributed by atoms with E-state index in [9.17, 15) is 0 Å². The first-order valence-corrected chi connectivity index (χ1v) is 6.80. The summed E-state index contributed by atoms with van der Waals surface area (Å²) < 4.78 is 5.36. The summed E-state index contributed by atoms with van der Waals surface area (Å²) in [4.78, 5) is 9.59. The second-order valence-electron chi connectivity index (χ2n) is 3.84. The van der Waals surface area contributed by atoms with Crippen LogP contribution in [0.25, 0.3) is 5.76 Å². The Morgan fingerprint density at radius 2 is 2.32 bits per heavy atom. The maximum atomic E-state index is 5.69. The Morgan fingerprint density at radius 1 is 1.53 bits per heavy atom. The van der Waals surface area contributed by atoms with Crippen LogP contribution in [-0.2, 0) is 4.84 Å². The van der Waals surface area contributed by atoms with Crippen molar-refractivity contribution in [1.29, 1.82) is 0 Å². The predicted molar refractivity (Wildman–Crippen MR) is 77.8 cm³/mol. The Balaban J connectivity index is 2.34. The molecule has 19 heavy (non-hydrogen) atoms. The number of methoxy groups -OCH3 is 1. The van der Waals surface area contributed by atoms with Crippen LogP contribution in [0.5, 0.6) is 5.75 Å². The summed E-state index contributed by atoms with van der Waals surface area (Å²) in [6.07, 6.45) is 3.71. The van der Waals surface area contributed by atoms with E-state index in [0.29, 0.717) is 16.7 Å². The largest absolute Gasteiger partial charge is 0.496 e. The number of nitrogens with two attached hydrogens (primary N) is 1. The van der Waals surface area contributed by atoms with Crippen LogP contribution in [-0.4, -0.2) is 30.6 Å². The van der Waals surface area contributed by atoms with E-state index < -0.39 is 0 Å². The molecule has 0 aromatic heterocycles. The molecule has 0 unspecified atom stereocenters. The minimum Gasteiger partial charge on any atom is -0.496 e. The predicted octanol–water partition coefficient (Wildman–Crippen LogP) is 1.68. The van der Waals surface area contributed by atoms with Crippen molar-refractivity contribution in [2.45, 2.75) is 0 Å². The van der Waals surface area contributed by atoms with Gasteiger partial charge in [0, 0.05) is 13.1 Å². The van der Waals surface area contributed by atoms with E-state index in [1.165, 1.54) is 11.8 Å². The van der Waals surface area contributed by atoms with Crippen molar-refractivity contribution in [2.24, 2.45) is 10.7 Å². The molecule has 1 aliphatic heterocycles. The van der Waals surface area contributed by atoms with Gasteiger partial charge in [-0.15, -0.1) is 0 Å². The van der Waals surface area contributed by atoms with Gasteiger partial charge in [-0.2, -0.15) is 0 Å². The van der Waals surface area contributed by atoms with E-state index in [1.54, 1.807) is 12.1 Å². The second kappa shape index (κ2) is 5.85. The maximum absolute atomic E-state index is 5.69. The van der Waals surface area contributed by atoms with Crippen LogP contribution in [0.1, 0.15) is 5.56 Å². The van der Waals surface area contributed by atoms with Crippen molar-refractivity contribution < 1.29 is 9.57 Å². The minimum atomic E-state index is 0.507. The summed E-state index contributed by atoms with van der Waals surface area (Å²) >= 11 is 1.40. The van der Waals surface area contributed by atoms with Gasteiger partial charge in [0.1, 0.15) is 5.75 Å². The fourth-order valence-electron chi connectivity index (χ4n) is 1.60. The first kappa shape index (κ1) is 13.6. The van der Waals surface area contributed by atoms with Crippen molar-refractivity contribution in [2.75, 3.05) is 20.4 Å². The molecular weight excluding hydrogens is 264 g/mol. The van der Waals surface area contributed by atoms with Gasteiger partial charge < -0.3 is 15.3 Å². The summed E-state index contributed by atoms with van der Waals surface area (Å²) in [5.74, 6) is 1.37. The van der Waals surface area contributed by atoms with Gasteiger partial charge in [-0.1, -0.05) is 17.4 Å². The molecule has 1 aliphatic rings. The minimum absolute atomic E-state index is 0.507. The second-order valence-corrected chi connectivity index (χ2v) is 4.66. The molecule has 7 heteroatoms. The average Bonchev–Trinajstić information content (AvgIpc) is 2.84. The van der Waals surface area contributed by atoms with Crippen molar-refractivity contribution in [3.8, 4) is 5.75 Å². The number of hydrogen-bond donors (Lipinski definition) is 2. The molecule has 0 atom stereocenters. The highest BCUT2D eigenvalue weighted by molar-refractivity contribution is 8.13. The third kappa shape index (κ3) is 3.12. The third-order valence-electron chi connectivity index (χ3n) is 2.51. The Morgan fingerprint density at radius 3 is 2.89 bits per heavy atom.